The van der Waals surface area contributed by atoms with Gasteiger partial charge in [0.1, 0.15) is 23.6 Å². The van der Waals surface area contributed by atoms with Crippen molar-refractivity contribution in [2.24, 2.45) is 5.41 Å². The number of aryl methyl sites for hydroxylation is 1. The van der Waals surface area contributed by atoms with Crippen LogP contribution >= 0.6 is 0 Å². The first kappa shape index (κ1) is 34.7. The highest BCUT2D eigenvalue weighted by Gasteiger charge is 2.50. The molecule has 4 aromatic rings. The van der Waals surface area contributed by atoms with Crippen molar-refractivity contribution in [3.05, 3.63) is 129 Å². The quantitative estimate of drug-likeness (QED) is 0.267. The Bertz CT molecular complexity index is 2270. The van der Waals surface area contributed by atoms with Gasteiger partial charge < -0.3 is 14.7 Å². The molecule has 10 rings (SSSR count). The molecule has 1 spiro atoms. The van der Waals surface area contributed by atoms with Crippen LogP contribution in [0, 0.1) is 5.41 Å². The van der Waals surface area contributed by atoms with E-state index in [-0.39, 0.29) is 36.2 Å². The molecule has 56 heavy (non-hydrogen) atoms. The van der Waals surface area contributed by atoms with Crippen LogP contribution in [0.25, 0.3) is 0 Å². The van der Waals surface area contributed by atoms with Gasteiger partial charge in [0.05, 0.1) is 30.8 Å². The van der Waals surface area contributed by atoms with Gasteiger partial charge in [-0.25, -0.2) is 0 Å². The Morgan fingerprint density at radius 2 is 1.48 bits per heavy atom. The SMILES string of the molecule is O=C1CCC(N2C(=O)c3cc4c(cc3C2=O)CC2(C4)CN(CC(=O)N3CC(Oc4ccc([C@@H]5c6ccc(O)cc6CC[C@@H]5c5ccccc5)cc4)C3)C2)C(=O)N1. The van der Waals surface area contributed by atoms with Gasteiger partial charge in [-0.15, -0.1) is 0 Å². The number of imide groups is 2. The number of hydrogen-bond donors (Lipinski definition) is 2. The summed E-state index contributed by atoms with van der Waals surface area (Å²) >= 11 is 0. The van der Waals surface area contributed by atoms with E-state index < -0.39 is 29.7 Å². The largest absolute Gasteiger partial charge is 0.508 e. The van der Waals surface area contributed by atoms with E-state index in [1.807, 2.05) is 35.2 Å². The summed E-state index contributed by atoms with van der Waals surface area (Å²) in [6.07, 6.45) is 3.62. The Morgan fingerprint density at radius 1 is 0.786 bits per heavy atom. The molecule has 11 nitrogen and oxygen atoms in total. The first-order chi connectivity index (χ1) is 27.1. The molecule has 4 aliphatic heterocycles. The summed E-state index contributed by atoms with van der Waals surface area (Å²) in [6, 6.07) is 27.4. The van der Waals surface area contributed by atoms with Gasteiger partial charge in [-0.2, -0.15) is 0 Å². The molecule has 5 amide bonds. The van der Waals surface area contributed by atoms with Crippen LogP contribution in [-0.2, 0) is 33.6 Å². The summed E-state index contributed by atoms with van der Waals surface area (Å²) in [7, 11) is 0. The average molecular weight is 751 g/mol. The number of aromatic hydroxyl groups is 1. The molecular formula is C45H42N4O7. The van der Waals surface area contributed by atoms with Crippen LogP contribution in [0.4, 0.5) is 0 Å². The molecule has 0 saturated carbocycles. The number of rotatable bonds is 7. The fourth-order valence-corrected chi connectivity index (χ4v) is 10.3. The lowest BCUT2D eigenvalue weighted by Crippen LogP contribution is -2.62. The molecule has 6 aliphatic rings. The number of phenols is 1. The van der Waals surface area contributed by atoms with E-state index in [4.69, 9.17) is 4.74 Å². The molecule has 0 radical (unpaired) electrons. The molecule has 4 aromatic carbocycles. The fourth-order valence-electron chi connectivity index (χ4n) is 10.3. The van der Waals surface area contributed by atoms with Crippen LogP contribution in [0.15, 0.2) is 84.9 Å². The maximum atomic E-state index is 13.3. The first-order valence-electron chi connectivity index (χ1n) is 19.6. The Balaban J connectivity index is 0.722. The first-order valence-corrected chi connectivity index (χ1v) is 19.6. The number of hydrogen-bond acceptors (Lipinski definition) is 8. The predicted octanol–water partition coefficient (Wildman–Crippen LogP) is 4.35. The van der Waals surface area contributed by atoms with Gasteiger partial charge in [-0.1, -0.05) is 48.5 Å². The number of carbonyl (C=O) groups excluding carboxylic acids is 5. The maximum absolute atomic E-state index is 13.3. The van der Waals surface area contributed by atoms with Gasteiger partial charge in [-0.05, 0) is 108 Å². The van der Waals surface area contributed by atoms with E-state index >= 15 is 0 Å². The van der Waals surface area contributed by atoms with Gasteiger partial charge in [0, 0.05) is 30.8 Å². The smallest absolute Gasteiger partial charge is 0.262 e. The zero-order valence-corrected chi connectivity index (χ0v) is 30.9. The molecule has 284 valence electrons. The number of piperidine rings is 1. The molecule has 4 heterocycles. The van der Waals surface area contributed by atoms with Crippen molar-refractivity contribution in [2.75, 3.05) is 32.7 Å². The van der Waals surface area contributed by atoms with Gasteiger partial charge in [0.25, 0.3) is 11.8 Å². The molecule has 3 fully saturated rings. The fraction of sp³-hybridized carbons (Fsp3) is 0.356. The second kappa shape index (κ2) is 13.2. The molecule has 2 aliphatic carbocycles. The van der Waals surface area contributed by atoms with Crippen molar-refractivity contribution in [1.82, 2.24) is 20.0 Å². The van der Waals surface area contributed by atoms with Crippen molar-refractivity contribution in [2.45, 2.75) is 62.5 Å². The molecule has 3 atom stereocenters. The summed E-state index contributed by atoms with van der Waals surface area (Å²) in [4.78, 5) is 69.0. The van der Waals surface area contributed by atoms with Crippen molar-refractivity contribution in [3.8, 4) is 11.5 Å². The molecular weight excluding hydrogens is 709 g/mol. The van der Waals surface area contributed by atoms with E-state index in [0.29, 0.717) is 42.4 Å². The number of phenolic OH excluding ortho intramolecular Hbond substituents is 1. The number of nitrogens with zero attached hydrogens (tertiary/aromatic N) is 3. The summed E-state index contributed by atoms with van der Waals surface area (Å²) in [5.74, 6) is -0.306. The highest BCUT2D eigenvalue weighted by Crippen LogP contribution is 2.48. The van der Waals surface area contributed by atoms with Crippen molar-refractivity contribution in [1.29, 1.82) is 0 Å². The molecule has 11 heteroatoms. The van der Waals surface area contributed by atoms with Gasteiger partial charge >= 0.3 is 0 Å². The van der Waals surface area contributed by atoms with Crippen LogP contribution in [0.1, 0.15) is 85.2 Å². The van der Waals surface area contributed by atoms with Gasteiger partial charge in [0.2, 0.25) is 17.7 Å². The van der Waals surface area contributed by atoms with Crippen LogP contribution < -0.4 is 10.1 Å². The summed E-state index contributed by atoms with van der Waals surface area (Å²) < 4.78 is 6.30. The molecule has 1 unspecified atom stereocenters. The highest BCUT2D eigenvalue weighted by molar-refractivity contribution is 6.23. The summed E-state index contributed by atoms with van der Waals surface area (Å²) in [5, 5.41) is 12.4. The number of amides is 5. The number of carbonyl (C=O) groups is 5. The van der Waals surface area contributed by atoms with Crippen LogP contribution in [0.3, 0.4) is 0 Å². The topological polar surface area (TPSA) is 137 Å². The third kappa shape index (κ3) is 5.87. The number of nitrogens with one attached hydrogen (secondary N) is 1. The lowest BCUT2D eigenvalue weighted by molar-refractivity contribution is -0.144. The third-order valence-electron chi connectivity index (χ3n) is 12.9. The van der Waals surface area contributed by atoms with E-state index in [1.54, 1.807) is 6.07 Å². The van der Waals surface area contributed by atoms with Crippen molar-refractivity contribution < 1.29 is 33.8 Å². The second-order valence-corrected chi connectivity index (χ2v) is 16.6. The van der Waals surface area contributed by atoms with Crippen molar-refractivity contribution >= 4 is 29.5 Å². The van der Waals surface area contributed by atoms with Crippen LogP contribution in [0.5, 0.6) is 11.5 Å². The minimum atomic E-state index is -0.976. The molecule has 2 N–H and O–H groups in total. The van der Waals surface area contributed by atoms with Crippen LogP contribution in [0.2, 0.25) is 0 Å². The summed E-state index contributed by atoms with van der Waals surface area (Å²) in [5.41, 5.74) is 7.67. The summed E-state index contributed by atoms with van der Waals surface area (Å²) in [6.45, 7) is 2.96. The second-order valence-electron chi connectivity index (χ2n) is 16.6. The molecule has 0 aromatic heterocycles. The van der Waals surface area contributed by atoms with Crippen LogP contribution in [-0.4, -0.2) is 94.2 Å². The predicted molar refractivity (Wildman–Crippen MR) is 204 cm³/mol. The maximum Gasteiger partial charge on any atom is 0.262 e. The van der Waals surface area contributed by atoms with Gasteiger partial charge in [0.15, 0.2) is 0 Å². The zero-order chi connectivity index (χ0) is 38.3. The van der Waals surface area contributed by atoms with E-state index in [0.717, 1.165) is 60.5 Å². The Kier molecular flexibility index (Phi) is 8.14. The third-order valence-corrected chi connectivity index (χ3v) is 12.9. The Morgan fingerprint density at radius 3 is 2.16 bits per heavy atom. The number of ether oxygens (including phenoxy) is 1. The minimum absolute atomic E-state index is 0.0253. The number of fused-ring (bicyclic) bond motifs is 3. The van der Waals surface area contributed by atoms with E-state index in [2.05, 4.69) is 58.7 Å². The Labute approximate surface area is 324 Å². The number of likely N-dealkylation sites (tertiary alicyclic amines) is 2. The normalized spacial score (nSPS) is 24.0. The molecule has 3 saturated heterocycles. The Hall–Kier alpha value is -5.81. The molecule has 0 bridgehead atoms. The van der Waals surface area contributed by atoms with Crippen molar-refractivity contribution in [3.63, 3.8) is 0 Å². The lowest BCUT2D eigenvalue weighted by atomic mass is 9.69. The van der Waals surface area contributed by atoms with E-state index in [9.17, 15) is 29.1 Å². The minimum Gasteiger partial charge on any atom is -0.508 e. The average Bonchev–Trinajstić information content (AvgIpc) is 3.65. The monoisotopic (exact) mass is 750 g/mol. The van der Waals surface area contributed by atoms with E-state index in [1.165, 1.54) is 22.3 Å². The van der Waals surface area contributed by atoms with Gasteiger partial charge in [-0.3, -0.25) is 39.1 Å². The standard InChI is InChI=1S/C45H42N4O7/c50-31-9-13-35-28(16-31)8-12-34(26-4-2-1-3-5-26)41(35)27-6-10-32(11-7-27)56-33-21-48(22-33)40(52)23-47-24-45(25-47)19-29-17-36-37(18-30(29)20-45)44(55)49(43(36)54)38-14-15-39(51)46-42(38)53/h1-7,9-11,13,16-18,33-34,38,41,50H,8,12,14-15,19-25H2,(H,46,51,53)/t34-,38?,41+/m1/s1. The zero-order valence-electron chi connectivity index (χ0n) is 30.9. The highest BCUT2D eigenvalue weighted by atomic mass is 16.5. The number of benzene rings is 4. The lowest BCUT2D eigenvalue weighted by Gasteiger charge is -2.49.